The van der Waals surface area contributed by atoms with Gasteiger partial charge < -0.3 is 20.8 Å². The Morgan fingerprint density at radius 1 is 1.11 bits per heavy atom. The molecule has 0 aliphatic heterocycles. The van der Waals surface area contributed by atoms with Gasteiger partial charge in [0.2, 0.25) is 5.95 Å². The van der Waals surface area contributed by atoms with Crippen molar-refractivity contribution >= 4 is 34.4 Å². The second-order valence-electron chi connectivity index (χ2n) is 7.56. The molecular formula is C22H17F6N7O2. The molecule has 9 nitrogen and oxygen atoms in total. The fraction of sp³-hybridized carbons (Fsp3) is 0.182. The highest BCUT2D eigenvalue weighted by Crippen LogP contribution is 2.44. The van der Waals surface area contributed by atoms with E-state index in [1.807, 2.05) is 5.32 Å². The van der Waals surface area contributed by atoms with Crippen molar-refractivity contribution in [3.8, 4) is 11.3 Å². The number of fused-ring (bicyclic) bond motifs is 1. The summed E-state index contributed by atoms with van der Waals surface area (Å²) < 4.78 is 87.7. The predicted octanol–water partition coefficient (Wildman–Crippen LogP) is 5.44. The van der Waals surface area contributed by atoms with E-state index < -0.39 is 46.5 Å². The molecule has 1 amide bonds. The number of ether oxygens (including phenoxy) is 1. The Labute approximate surface area is 204 Å². The number of carbonyl (C=O) groups excluding carboxylic acids is 1. The Morgan fingerprint density at radius 2 is 1.86 bits per heavy atom. The molecule has 0 saturated carbocycles. The zero-order valence-corrected chi connectivity index (χ0v) is 18.8. The maximum Gasteiger partial charge on any atom is 0.420 e. The van der Waals surface area contributed by atoms with Crippen LogP contribution in [0.25, 0.3) is 22.2 Å². The molecule has 4 rings (SSSR count). The molecule has 0 aliphatic carbocycles. The van der Waals surface area contributed by atoms with Gasteiger partial charge in [0.15, 0.2) is 0 Å². The molecule has 4 aromatic rings. The minimum absolute atomic E-state index is 0.181. The van der Waals surface area contributed by atoms with Crippen molar-refractivity contribution in [2.75, 3.05) is 17.7 Å². The average molecular weight is 525 g/mol. The second kappa shape index (κ2) is 9.57. The van der Waals surface area contributed by atoms with Crippen LogP contribution in [0, 0.1) is 0 Å². The van der Waals surface area contributed by atoms with E-state index in [1.54, 1.807) is 6.07 Å². The quantitative estimate of drug-likeness (QED) is 0.255. The van der Waals surface area contributed by atoms with Crippen LogP contribution in [0.15, 0.2) is 42.9 Å². The molecule has 0 bridgehead atoms. The average Bonchev–Trinajstić information content (AvgIpc) is 3.26. The minimum atomic E-state index is -4.98. The van der Waals surface area contributed by atoms with Gasteiger partial charge in [-0.15, -0.1) is 0 Å². The van der Waals surface area contributed by atoms with E-state index in [0.29, 0.717) is 11.8 Å². The maximum absolute atomic E-state index is 13.9. The van der Waals surface area contributed by atoms with Gasteiger partial charge in [0.25, 0.3) is 0 Å². The first-order chi connectivity index (χ1) is 17.4. The van der Waals surface area contributed by atoms with Gasteiger partial charge in [0.1, 0.15) is 16.9 Å². The highest BCUT2D eigenvalue weighted by Gasteiger charge is 2.39. The van der Waals surface area contributed by atoms with E-state index in [9.17, 15) is 31.1 Å². The van der Waals surface area contributed by atoms with E-state index in [4.69, 9.17) is 5.73 Å². The molecular weight excluding hydrogens is 508 g/mol. The molecule has 3 heterocycles. The van der Waals surface area contributed by atoms with Gasteiger partial charge >= 0.3 is 18.4 Å². The Balaban J connectivity index is 1.88. The molecule has 15 heteroatoms. The number of nitrogens with one attached hydrogen (secondary N) is 3. The van der Waals surface area contributed by atoms with Crippen molar-refractivity contribution < 1.29 is 35.9 Å². The molecule has 194 valence electrons. The van der Waals surface area contributed by atoms with Crippen LogP contribution < -0.4 is 16.4 Å². The number of amides is 1. The lowest BCUT2D eigenvalue weighted by Crippen LogP contribution is -2.16. The number of hydrogen-bond acceptors (Lipinski definition) is 7. The first-order valence-electron chi connectivity index (χ1n) is 10.3. The van der Waals surface area contributed by atoms with Gasteiger partial charge in [-0.2, -0.15) is 26.3 Å². The molecule has 0 unspecified atom stereocenters. The summed E-state index contributed by atoms with van der Waals surface area (Å²) >= 11 is 0. The number of carbonyl (C=O) groups is 1. The third-order valence-corrected chi connectivity index (χ3v) is 5.21. The maximum atomic E-state index is 13.9. The van der Waals surface area contributed by atoms with Crippen molar-refractivity contribution in [1.82, 2.24) is 19.9 Å². The van der Waals surface area contributed by atoms with E-state index in [-0.39, 0.29) is 29.3 Å². The van der Waals surface area contributed by atoms with Crippen LogP contribution in [0.4, 0.5) is 48.6 Å². The third-order valence-electron chi connectivity index (χ3n) is 5.21. The molecule has 0 radical (unpaired) electrons. The second-order valence-corrected chi connectivity index (χ2v) is 7.56. The highest BCUT2D eigenvalue weighted by molar-refractivity contribution is 6.01. The van der Waals surface area contributed by atoms with Crippen LogP contribution >= 0.6 is 0 Å². The number of rotatable bonds is 5. The molecule has 0 aliphatic rings. The van der Waals surface area contributed by atoms with Crippen LogP contribution in [-0.2, 0) is 23.6 Å². The molecule has 0 fully saturated rings. The largest absolute Gasteiger partial charge is 0.453 e. The predicted molar refractivity (Wildman–Crippen MR) is 121 cm³/mol. The minimum Gasteiger partial charge on any atom is -0.453 e. The lowest BCUT2D eigenvalue weighted by Gasteiger charge is -2.15. The van der Waals surface area contributed by atoms with Crippen LogP contribution in [0.2, 0.25) is 0 Å². The number of aromatic nitrogens is 4. The Hall–Kier alpha value is -4.40. The lowest BCUT2D eigenvalue weighted by molar-refractivity contribution is -0.137. The van der Waals surface area contributed by atoms with Crippen LogP contribution in [0.5, 0.6) is 0 Å². The van der Waals surface area contributed by atoms with Gasteiger partial charge in [-0.05, 0) is 23.8 Å². The number of methoxy groups -OCH3 is 1. The fourth-order valence-corrected chi connectivity index (χ4v) is 3.59. The lowest BCUT2D eigenvalue weighted by atomic mass is 10.0. The third kappa shape index (κ3) is 5.25. The zero-order chi connectivity index (χ0) is 27.0. The van der Waals surface area contributed by atoms with E-state index in [1.165, 1.54) is 12.3 Å². The van der Waals surface area contributed by atoms with Crippen molar-refractivity contribution in [3.63, 3.8) is 0 Å². The summed E-state index contributed by atoms with van der Waals surface area (Å²) in [7, 11) is 0.967. The van der Waals surface area contributed by atoms with Crippen molar-refractivity contribution in [1.29, 1.82) is 0 Å². The number of anilines is 3. The normalized spacial score (nSPS) is 12.0. The number of nitrogens with zero attached hydrogens (tertiary/aromatic N) is 3. The highest BCUT2D eigenvalue weighted by atomic mass is 19.4. The Morgan fingerprint density at radius 3 is 2.51 bits per heavy atom. The van der Waals surface area contributed by atoms with Gasteiger partial charge in [-0.25, -0.2) is 19.7 Å². The van der Waals surface area contributed by atoms with Crippen LogP contribution in [0.1, 0.15) is 16.7 Å². The van der Waals surface area contributed by atoms with Gasteiger partial charge in [-0.3, -0.25) is 5.32 Å². The summed E-state index contributed by atoms with van der Waals surface area (Å²) in [6.07, 6.45) is -8.15. The molecule has 37 heavy (non-hydrogen) atoms. The van der Waals surface area contributed by atoms with E-state index in [0.717, 1.165) is 25.4 Å². The monoisotopic (exact) mass is 525 g/mol. The van der Waals surface area contributed by atoms with Gasteiger partial charge in [-0.1, -0.05) is 6.07 Å². The zero-order valence-electron chi connectivity index (χ0n) is 18.8. The van der Waals surface area contributed by atoms with Crippen LogP contribution in [-0.4, -0.2) is 33.1 Å². The number of hydrogen-bond donors (Lipinski definition) is 4. The summed E-state index contributed by atoms with van der Waals surface area (Å²) in [6.45, 7) is 0.181. The number of H-pyrrole nitrogens is 1. The molecule has 3 aromatic heterocycles. The molecule has 0 atom stereocenters. The summed E-state index contributed by atoms with van der Waals surface area (Å²) in [4.78, 5) is 25.6. The first-order valence-corrected chi connectivity index (χ1v) is 10.3. The number of halogens is 6. The van der Waals surface area contributed by atoms with Gasteiger partial charge in [0, 0.05) is 36.1 Å². The van der Waals surface area contributed by atoms with Crippen molar-refractivity contribution in [2.24, 2.45) is 5.73 Å². The first kappa shape index (κ1) is 25.7. The topological polar surface area (TPSA) is 131 Å². The SMILES string of the molecule is COC(=O)Nc1ccc2c(-c3nc(Nc4cc(CN)ccn4)ncc3C(F)(F)F)c[nH]c2c1C(F)(F)F. The summed E-state index contributed by atoms with van der Waals surface area (Å²) in [6, 6.07) is 5.22. The Bertz CT molecular complexity index is 1470. The van der Waals surface area contributed by atoms with E-state index >= 15 is 0 Å². The number of benzene rings is 1. The Kier molecular flexibility index (Phi) is 6.64. The molecule has 0 saturated heterocycles. The molecule has 0 spiro atoms. The number of aromatic amines is 1. The van der Waals surface area contributed by atoms with Crippen molar-refractivity contribution in [2.45, 2.75) is 18.9 Å². The molecule has 1 aromatic carbocycles. The van der Waals surface area contributed by atoms with Crippen LogP contribution in [0.3, 0.4) is 0 Å². The number of alkyl halides is 6. The standard InChI is InChI=1S/C22H17F6N7O2/c1-37-20(36)33-14-3-2-11-12(8-31-18(11)16(14)22(26,27)28)17-13(21(23,24)25)9-32-19(35-17)34-15-6-10(7-29)4-5-30-15/h2-6,8-9,31H,7,29H2,1H3,(H,33,36)(H,30,32,34,35). The smallest absolute Gasteiger partial charge is 0.420 e. The van der Waals surface area contributed by atoms with Crippen molar-refractivity contribution in [3.05, 3.63) is 59.5 Å². The van der Waals surface area contributed by atoms with Gasteiger partial charge in [0.05, 0.1) is 24.0 Å². The number of pyridine rings is 1. The fourth-order valence-electron chi connectivity index (χ4n) is 3.59. The van der Waals surface area contributed by atoms with E-state index in [2.05, 4.69) is 30.0 Å². The summed E-state index contributed by atoms with van der Waals surface area (Å²) in [5.41, 5.74) is 1.54. The molecule has 5 N–H and O–H groups in total. The summed E-state index contributed by atoms with van der Waals surface area (Å²) in [5, 5.41) is 4.41. The summed E-state index contributed by atoms with van der Waals surface area (Å²) in [5.74, 6) is -0.0792. The number of nitrogens with two attached hydrogens (primary N) is 1.